The van der Waals surface area contributed by atoms with Crippen molar-refractivity contribution < 1.29 is 9.90 Å². The van der Waals surface area contributed by atoms with E-state index in [1.54, 1.807) is 0 Å². The van der Waals surface area contributed by atoms with E-state index >= 15 is 0 Å². The van der Waals surface area contributed by atoms with E-state index in [0.29, 0.717) is 0 Å². The minimum absolute atomic E-state index is 0.819. The molecule has 15 heavy (non-hydrogen) atoms. The minimum atomic E-state index is -0.833. The molecule has 0 spiro atoms. The molecule has 0 aromatic heterocycles. The van der Waals surface area contributed by atoms with Crippen LogP contribution in [0, 0.1) is 5.92 Å². The quantitative estimate of drug-likeness (QED) is 0.674. The lowest BCUT2D eigenvalue weighted by Gasteiger charge is -2.02. The molecule has 0 aromatic rings. The largest absolute Gasteiger partial charge is 0.481 e. The molecule has 0 aliphatic heterocycles. The number of carboxylic acid groups (broad SMARTS) is 1. The first-order valence-electron chi connectivity index (χ1n) is 5.55. The number of rotatable bonds is 4. The van der Waals surface area contributed by atoms with Gasteiger partial charge >= 0.3 is 0 Å². The molecule has 1 atom stereocenters. The molecule has 0 bridgehead atoms. The molecule has 0 aromatic carbocycles. The number of hydrogen-bond acceptors (Lipinski definition) is 3. The van der Waals surface area contributed by atoms with E-state index in [1.807, 2.05) is 0 Å². The van der Waals surface area contributed by atoms with Gasteiger partial charge in [-0.15, -0.1) is 0 Å². The molecular formula is C11H28N2O2. The van der Waals surface area contributed by atoms with Gasteiger partial charge in [0.15, 0.2) is 0 Å². The van der Waals surface area contributed by atoms with Gasteiger partial charge in [0, 0.05) is 6.92 Å². The number of aliphatic carboxylic acids is 1. The third kappa shape index (κ3) is 59.8. The van der Waals surface area contributed by atoms with E-state index in [1.165, 1.54) is 12.8 Å². The number of nitrogens with two attached hydrogens (primary N) is 2. The van der Waals surface area contributed by atoms with E-state index in [9.17, 15) is 0 Å². The lowest BCUT2D eigenvalue weighted by atomic mass is 10.1. The van der Waals surface area contributed by atoms with Gasteiger partial charge in [-0.2, -0.15) is 0 Å². The van der Waals surface area contributed by atoms with Crippen molar-refractivity contribution in [3.63, 3.8) is 0 Å². The number of carboxylic acids is 1. The van der Waals surface area contributed by atoms with E-state index in [0.717, 1.165) is 32.4 Å². The van der Waals surface area contributed by atoms with Gasteiger partial charge in [-0.25, -0.2) is 0 Å². The van der Waals surface area contributed by atoms with Gasteiger partial charge in [0.05, 0.1) is 0 Å². The van der Waals surface area contributed by atoms with Crippen molar-refractivity contribution in [3.8, 4) is 0 Å². The Morgan fingerprint density at radius 1 is 1.27 bits per heavy atom. The van der Waals surface area contributed by atoms with Crippen molar-refractivity contribution in [1.82, 2.24) is 0 Å². The SMILES string of the molecule is CC(=O)O.CCC(C)CCN.CCCN. The Morgan fingerprint density at radius 2 is 1.60 bits per heavy atom. The van der Waals surface area contributed by atoms with Crippen molar-refractivity contribution in [2.75, 3.05) is 13.1 Å². The lowest BCUT2D eigenvalue weighted by molar-refractivity contribution is -0.134. The Hall–Kier alpha value is -0.610. The molecule has 4 heteroatoms. The molecule has 0 aliphatic rings. The first-order valence-corrected chi connectivity index (χ1v) is 5.55. The van der Waals surface area contributed by atoms with Crippen LogP contribution in [0.5, 0.6) is 0 Å². The van der Waals surface area contributed by atoms with E-state index < -0.39 is 5.97 Å². The van der Waals surface area contributed by atoms with E-state index in [2.05, 4.69) is 20.8 Å². The standard InChI is InChI=1S/C6H15N.C3H9N.C2H4O2/c1-3-6(2)4-5-7;1-2-3-4;1-2(3)4/h6H,3-5,7H2,1-2H3;2-4H2,1H3;1H3,(H,3,4). The topological polar surface area (TPSA) is 89.3 Å². The predicted molar refractivity (Wildman–Crippen MR) is 65.8 cm³/mol. The minimum Gasteiger partial charge on any atom is -0.481 e. The molecule has 94 valence electrons. The molecule has 0 saturated heterocycles. The van der Waals surface area contributed by atoms with Crippen LogP contribution in [-0.2, 0) is 4.79 Å². The average Bonchev–Trinajstić information content (AvgIpc) is 2.18. The highest BCUT2D eigenvalue weighted by molar-refractivity contribution is 5.62. The van der Waals surface area contributed by atoms with Crippen LogP contribution >= 0.6 is 0 Å². The summed E-state index contributed by atoms with van der Waals surface area (Å²) in [4.78, 5) is 9.00. The van der Waals surface area contributed by atoms with Crippen molar-refractivity contribution in [3.05, 3.63) is 0 Å². The van der Waals surface area contributed by atoms with Crippen molar-refractivity contribution in [2.45, 2.75) is 47.0 Å². The first kappa shape index (κ1) is 19.9. The second-order valence-corrected chi connectivity index (χ2v) is 3.40. The van der Waals surface area contributed by atoms with Crippen LogP contribution in [0.1, 0.15) is 47.0 Å². The number of carbonyl (C=O) groups is 1. The summed E-state index contributed by atoms with van der Waals surface area (Å²) in [5, 5.41) is 7.42. The second-order valence-electron chi connectivity index (χ2n) is 3.40. The Morgan fingerprint density at radius 3 is 1.67 bits per heavy atom. The fraction of sp³-hybridized carbons (Fsp3) is 0.909. The summed E-state index contributed by atoms with van der Waals surface area (Å²) in [5.41, 5.74) is 10.3. The van der Waals surface area contributed by atoms with Gasteiger partial charge in [0.1, 0.15) is 0 Å². The normalized spacial score (nSPS) is 10.3. The van der Waals surface area contributed by atoms with Crippen LogP contribution in [0.2, 0.25) is 0 Å². The van der Waals surface area contributed by atoms with Gasteiger partial charge in [0.25, 0.3) is 5.97 Å². The fourth-order valence-corrected chi connectivity index (χ4v) is 0.489. The summed E-state index contributed by atoms with van der Waals surface area (Å²) in [5.74, 6) is -0.00926. The van der Waals surface area contributed by atoms with E-state index in [4.69, 9.17) is 21.4 Å². The molecular weight excluding hydrogens is 192 g/mol. The van der Waals surface area contributed by atoms with Gasteiger partial charge < -0.3 is 16.6 Å². The van der Waals surface area contributed by atoms with Crippen molar-refractivity contribution in [2.24, 2.45) is 17.4 Å². The Kier molecular flexibility index (Phi) is 25.2. The Bertz CT molecular complexity index is 113. The van der Waals surface area contributed by atoms with Gasteiger partial charge in [-0.05, 0) is 31.8 Å². The molecule has 4 nitrogen and oxygen atoms in total. The maximum atomic E-state index is 9.00. The Labute approximate surface area is 94.0 Å². The first-order chi connectivity index (χ1) is 6.95. The maximum absolute atomic E-state index is 9.00. The zero-order valence-corrected chi connectivity index (χ0v) is 10.6. The smallest absolute Gasteiger partial charge is 0.300 e. The molecule has 5 N–H and O–H groups in total. The summed E-state index contributed by atoms with van der Waals surface area (Å²) < 4.78 is 0. The third-order valence-electron chi connectivity index (χ3n) is 1.65. The highest BCUT2D eigenvalue weighted by Gasteiger charge is 1.92. The molecule has 0 rings (SSSR count). The second kappa shape index (κ2) is 19.0. The van der Waals surface area contributed by atoms with Crippen molar-refractivity contribution in [1.29, 1.82) is 0 Å². The molecule has 0 aliphatic carbocycles. The third-order valence-corrected chi connectivity index (χ3v) is 1.65. The molecule has 0 amide bonds. The molecule has 1 unspecified atom stereocenters. The Balaban J connectivity index is -0.000000155. The fourth-order valence-electron chi connectivity index (χ4n) is 0.489. The monoisotopic (exact) mass is 220 g/mol. The zero-order chi connectivity index (χ0) is 12.7. The molecule has 0 radical (unpaired) electrons. The van der Waals surface area contributed by atoms with Gasteiger partial charge in [0.2, 0.25) is 0 Å². The van der Waals surface area contributed by atoms with Crippen molar-refractivity contribution >= 4 is 5.97 Å². The van der Waals surface area contributed by atoms with Crippen LogP contribution in [0.15, 0.2) is 0 Å². The molecule has 0 fully saturated rings. The van der Waals surface area contributed by atoms with Crippen LogP contribution in [0.3, 0.4) is 0 Å². The highest BCUT2D eigenvalue weighted by Crippen LogP contribution is 2.02. The number of hydrogen-bond donors (Lipinski definition) is 3. The van der Waals surface area contributed by atoms with Gasteiger partial charge in [-0.3, -0.25) is 4.79 Å². The van der Waals surface area contributed by atoms with Crippen LogP contribution in [0.25, 0.3) is 0 Å². The molecule has 0 heterocycles. The van der Waals surface area contributed by atoms with Crippen LogP contribution in [0.4, 0.5) is 0 Å². The lowest BCUT2D eigenvalue weighted by Crippen LogP contribution is -2.04. The predicted octanol–water partition coefficient (Wildman–Crippen LogP) is 1.83. The summed E-state index contributed by atoms with van der Waals surface area (Å²) in [7, 11) is 0. The summed E-state index contributed by atoms with van der Waals surface area (Å²) in [6.45, 7) is 9.22. The highest BCUT2D eigenvalue weighted by atomic mass is 16.4. The molecule has 0 saturated carbocycles. The summed E-state index contributed by atoms with van der Waals surface area (Å²) in [6.07, 6.45) is 3.54. The zero-order valence-electron chi connectivity index (χ0n) is 10.6. The maximum Gasteiger partial charge on any atom is 0.300 e. The van der Waals surface area contributed by atoms with Crippen LogP contribution in [-0.4, -0.2) is 24.2 Å². The summed E-state index contributed by atoms with van der Waals surface area (Å²) >= 11 is 0. The average molecular weight is 220 g/mol. The van der Waals surface area contributed by atoms with Gasteiger partial charge in [-0.1, -0.05) is 27.2 Å². The van der Waals surface area contributed by atoms with E-state index in [-0.39, 0.29) is 0 Å². The summed E-state index contributed by atoms with van der Waals surface area (Å²) in [6, 6.07) is 0. The van der Waals surface area contributed by atoms with Crippen LogP contribution < -0.4 is 11.5 Å².